The fourth-order valence-corrected chi connectivity index (χ4v) is 2.90. The number of nitrogens with zero attached hydrogens (tertiary/aromatic N) is 1. The van der Waals surface area contributed by atoms with E-state index >= 15 is 0 Å². The summed E-state index contributed by atoms with van der Waals surface area (Å²) < 4.78 is 14.0. The molecule has 1 atom stereocenters. The molecule has 1 aromatic carbocycles. The van der Waals surface area contributed by atoms with Crippen LogP contribution in [0.5, 0.6) is 0 Å². The average molecular weight is 329 g/mol. The van der Waals surface area contributed by atoms with Crippen molar-refractivity contribution in [3.05, 3.63) is 34.1 Å². The zero-order chi connectivity index (χ0) is 14.0. The van der Waals surface area contributed by atoms with Gasteiger partial charge in [-0.25, -0.2) is 4.39 Å². The van der Waals surface area contributed by atoms with Crippen molar-refractivity contribution >= 4 is 15.9 Å². The molecule has 0 radical (unpaired) electrons. The molecule has 1 aromatic rings. The number of benzene rings is 1. The van der Waals surface area contributed by atoms with E-state index in [1.807, 2.05) is 6.07 Å². The van der Waals surface area contributed by atoms with Gasteiger partial charge in [0.1, 0.15) is 5.82 Å². The third-order valence-electron chi connectivity index (χ3n) is 3.71. The molecular weight excluding hydrogens is 307 g/mol. The first-order chi connectivity index (χ1) is 8.86. The van der Waals surface area contributed by atoms with Gasteiger partial charge in [0, 0.05) is 36.7 Å². The predicted molar refractivity (Wildman–Crippen MR) is 80.6 cm³/mol. The maximum atomic E-state index is 13.1. The first-order valence-corrected chi connectivity index (χ1v) is 7.55. The Balaban J connectivity index is 2.03. The zero-order valence-electron chi connectivity index (χ0n) is 11.8. The number of hydrogen-bond acceptors (Lipinski definition) is 2. The minimum Gasteiger partial charge on any atom is -0.311 e. The molecule has 0 bridgehead atoms. The van der Waals surface area contributed by atoms with Crippen LogP contribution in [0, 0.1) is 11.2 Å². The quantitative estimate of drug-likeness (QED) is 0.895. The number of piperazine rings is 1. The number of hydrogen-bond donors (Lipinski definition) is 1. The molecule has 19 heavy (non-hydrogen) atoms. The summed E-state index contributed by atoms with van der Waals surface area (Å²) in [5.41, 5.74) is 1.41. The second-order valence-electron chi connectivity index (χ2n) is 6.34. The highest BCUT2D eigenvalue weighted by Crippen LogP contribution is 2.24. The standard InChI is InChI=1S/C15H22BrFN2/c1-15(2,3)14-10-19(7-6-18-14)9-11-4-5-12(17)8-13(11)16/h4-5,8,14,18H,6-7,9-10H2,1-3H3. The van der Waals surface area contributed by atoms with E-state index in [0.29, 0.717) is 6.04 Å². The summed E-state index contributed by atoms with van der Waals surface area (Å²) in [6.07, 6.45) is 0. The fourth-order valence-electron chi connectivity index (χ4n) is 2.43. The molecular formula is C15H22BrFN2. The normalized spacial score (nSPS) is 21.6. The highest BCUT2D eigenvalue weighted by Gasteiger charge is 2.29. The summed E-state index contributed by atoms with van der Waals surface area (Å²) in [5, 5.41) is 3.59. The first kappa shape index (κ1) is 14.9. The molecule has 0 amide bonds. The van der Waals surface area contributed by atoms with Crippen molar-refractivity contribution < 1.29 is 4.39 Å². The lowest BCUT2D eigenvalue weighted by Crippen LogP contribution is -2.55. The highest BCUT2D eigenvalue weighted by atomic mass is 79.9. The van der Waals surface area contributed by atoms with Gasteiger partial charge in [-0.15, -0.1) is 0 Å². The van der Waals surface area contributed by atoms with Gasteiger partial charge in [0.05, 0.1) is 0 Å². The van der Waals surface area contributed by atoms with Gasteiger partial charge < -0.3 is 5.32 Å². The Morgan fingerprint density at radius 2 is 2.16 bits per heavy atom. The van der Waals surface area contributed by atoms with Crippen LogP contribution >= 0.6 is 15.9 Å². The predicted octanol–water partition coefficient (Wildman–Crippen LogP) is 3.41. The second kappa shape index (κ2) is 5.90. The van der Waals surface area contributed by atoms with Crippen LogP contribution in [-0.4, -0.2) is 30.6 Å². The lowest BCUT2D eigenvalue weighted by molar-refractivity contribution is 0.129. The minimum absolute atomic E-state index is 0.191. The van der Waals surface area contributed by atoms with E-state index in [4.69, 9.17) is 0 Å². The summed E-state index contributed by atoms with van der Waals surface area (Å²) in [6.45, 7) is 10.8. The molecule has 1 aliphatic rings. The molecule has 1 aliphatic heterocycles. The molecule has 1 fully saturated rings. The molecule has 0 aromatic heterocycles. The van der Waals surface area contributed by atoms with E-state index in [1.54, 1.807) is 6.07 Å². The molecule has 1 saturated heterocycles. The van der Waals surface area contributed by atoms with Gasteiger partial charge in [0.15, 0.2) is 0 Å². The van der Waals surface area contributed by atoms with Crippen LogP contribution < -0.4 is 5.32 Å². The van der Waals surface area contributed by atoms with Crippen LogP contribution in [0.2, 0.25) is 0 Å². The summed E-state index contributed by atoms with van der Waals surface area (Å²) in [4.78, 5) is 2.43. The fraction of sp³-hybridized carbons (Fsp3) is 0.600. The van der Waals surface area contributed by atoms with Crippen molar-refractivity contribution in [3.63, 3.8) is 0 Å². The van der Waals surface area contributed by atoms with Crippen molar-refractivity contribution in [1.82, 2.24) is 10.2 Å². The van der Waals surface area contributed by atoms with Crippen LogP contribution in [0.15, 0.2) is 22.7 Å². The summed E-state index contributed by atoms with van der Waals surface area (Å²) in [7, 11) is 0. The Morgan fingerprint density at radius 1 is 1.42 bits per heavy atom. The van der Waals surface area contributed by atoms with Gasteiger partial charge in [-0.2, -0.15) is 0 Å². The van der Waals surface area contributed by atoms with Crippen LogP contribution in [0.3, 0.4) is 0 Å². The van der Waals surface area contributed by atoms with Crippen LogP contribution in [-0.2, 0) is 6.54 Å². The monoisotopic (exact) mass is 328 g/mol. The van der Waals surface area contributed by atoms with Crippen LogP contribution in [0.25, 0.3) is 0 Å². The molecule has 1 heterocycles. The van der Waals surface area contributed by atoms with E-state index in [1.165, 1.54) is 6.07 Å². The Kier molecular flexibility index (Phi) is 4.64. The van der Waals surface area contributed by atoms with Gasteiger partial charge in [0.25, 0.3) is 0 Å². The third kappa shape index (κ3) is 4.01. The first-order valence-electron chi connectivity index (χ1n) is 6.76. The molecule has 0 spiro atoms. The zero-order valence-corrected chi connectivity index (χ0v) is 13.4. The number of rotatable bonds is 2. The lowest BCUT2D eigenvalue weighted by atomic mass is 9.85. The van der Waals surface area contributed by atoms with Crippen molar-refractivity contribution in [2.45, 2.75) is 33.4 Å². The SMILES string of the molecule is CC(C)(C)C1CN(Cc2ccc(F)cc2Br)CCN1. The van der Waals surface area contributed by atoms with Crippen molar-refractivity contribution in [3.8, 4) is 0 Å². The van der Waals surface area contributed by atoms with E-state index in [2.05, 4.69) is 46.9 Å². The molecule has 2 nitrogen and oxygen atoms in total. The highest BCUT2D eigenvalue weighted by molar-refractivity contribution is 9.10. The third-order valence-corrected chi connectivity index (χ3v) is 4.45. The molecule has 1 unspecified atom stereocenters. The van der Waals surface area contributed by atoms with Crippen molar-refractivity contribution in [2.75, 3.05) is 19.6 Å². The molecule has 106 valence electrons. The Labute approximate surface area is 123 Å². The summed E-state index contributed by atoms with van der Waals surface area (Å²) in [5.74, 6) is -0.191. The van der Waals surface area contributed by atoms with Gasteiger partial charge in [-0.05, 0) is 23.1 Å². The minimum atomic E-state index is -0.191. The Morgan fingerprint density at radius 3 is 2.79 bits per heavy atom. The average Bonchev–Trinajstić information content (AvgIpc) is 2.32. The Bertz CT molecular complexity index is 442. The number of nitrogens with one attached hydrogen (secondary N) is 1. The molecule has 2 rings (SSSR count). The molecule has 0 aliphatic carbocycles. The second-order valence-corrected chi connectivity index (χ2v) is 7.20. The van der Waals surface area contributed by atoms with Crippen molar-refractivity contribution in [2.24, 2.45) is 5.41 Å². The van der Waals surface area contributed by atoms with Gasteiger partial charge in [-0.3, -0.25) is 4.90 Å². The topological polar surface area (TPSA) is 15.3 Å². The van der Waals surface area contributed by atoms with Crippen LogP contribution in [0.4, 0.5) is 4.39 Å². The van der Waals surface area contributed by atoms with E-state index in [-0.39, 0.29) is 11.2 Å². The van der Waals surface area contributed by atoms with Crippen molar-refractivity contribution in [1.29, 1.82) is 0 Å². The van der Waals surface area contributed by atoms with Crippen LogP contribution in [0.1, 0.15) is 26.3 Å². The smallest absolute Gasteiger partial charge is 0.124 e. The molecule has 0 saturated carbocycles. The summed E-state index contributed by atoms with van der Waals surface area (Å²) >= 11 is 3.45. The lowest BCUT2D eigenvalue weighted by Gasteiger charge is -2.40. The largest absolute Gasteiger partial charge is 0.311 e. The Hall–Kier alpha value is -0.450. The van der Waals surface area contributed by atoms with E-state index < -0.39 is 0 Å². The van der Waals surface area contributed by atoms with E-state index in [9.17, 15) is 4.39 Å². The number of halogens is 2. The van der Waals surface area contributed by atoms with Gasteiger partial charge >= 0.3 is 0 Å². The maximum Gasteiger partial charge on any atom is 0.124 e. The van der Waals surface area contributed by atoms with Gasteiger partial charge in [-0.1, -0.05) is 42.8 Å². The molecule has 4 heteroatoms. The molecule has 1 N–H and O–H groups in total. The maximum absolute atomic E-state index is 13.1. The van der Waals surface area contributed by atoms with Gasteiger partial charge in [0.2, 0.25) is 0 Å². The summed E-state index contributed by atoms with van der Waals surface area (Å²) in [6, 6.07) is 5.44. The van der Waals surface area contributed by atoms with E-state index in [0.717, 1.165) is 36.2 Å².